The maximum absolute atomic E-state index is 11.7. The highest BCUT2D eigenvalue weighted by Gasteiger charge is 2.41. The molecule has 3 rings (SSSR count). The quantitative estimate of drug-likeness (QED) is 0.743. The number of rotatable bonds is 4. The summed E-state index contributed by atoms with van der Waals surface area (Å²) in [7, 11) is 0. The number of hydrogen-bond donors (Lipinski definition) is 3. The number of aryl methyl sites for hydroxylation is 1. The molecule has 6 heteroatoms. The van der Waals surface area contributed by atoms with Gasteiger partial charge in [-0.1, -0.05) is 30.3 Å². The second-order valence-electron chi connectivity index (χ2n) is 6.33. The minimum atomic E-state index is -1.27. The van der Waals surface area contributed by atoms with Crippen LogP contribution in [-0.2, 0) is 21.7 Å². The summed E-state index contributed by atoms with van der Waals surface area (Å²) in [6.07, 6.45) is 0.773. The highest BCUT2D eigenvalue weighted by molar-refractivity contribution is 5.97. The fourth-order valence-electron chi connectivity index (χ4n) is 3.60. The van der Waals surface area contributed by atoms with Gasteiger partial charge in [0.15, 0.2) is 0 Å². The summed E-state index contributed by atoms with van der Waals surface area (Å²) in [5.74, 6) is -2.52. The Kier molecular flexibility index (Phi) is 4.22. The molecule has 1 atom stereocenters. The van der Waals surface area contributed by atoms with E-state index in [2.05, 4.69) is 9.88 Å². The van der Waals surface area contributed by atoms with E-state index >= 15 is 0 Å². The van der Waals surface area contributed by atoms with E-state index in [1.165, 1.54) is 0 Å². The lowest BCUT2D eigenvalue weighted by atomic mass is 9.86. The highest BCUT2D eigenvalue weighted by atomic mass is 16.4. The van der Waals surface area contributed by atoms with E-state index in [1.54, 1.807) is 6.92 Å². The molecule has 25 heavy (non-hydrogen) atoms. The Labute approximate surface area is 145 Å². The number of carboxylic acids is 2. The van der Waals surface area contributed by atoms with Crippen molar-refractivity contribution in [3.63, 3.8) is 0 Å². The van der Waals surface area contributed by atoms with Gasteiger partial charge < -0.3 is 20.1 Å². The third-order valence-corrected chi connectivity index (χ3v) is 4.70. The maximum atomic E-state index is 11.7. The van der Waals surface area contributed by atoms with E-state index in [1.807, 2.05) is 43.3 Å². The van der Waals surface area contributed by atoms with Crippen molar-refractivity contribution >= 4 is 11.9 Å². The molecule has 0 spiro atoms. The first kappa shape index (κ1) is 17.0. The molecule has 0 bridgehead atoms. The molecule has 0 fully saturated rings. The largest absolute Gasteiger partial charge is 0.478 e. The van der Waals surface area contributed by atoms with E-state index in [0.717, 1.165) is 28.6 Å². The predicted octanol–water partition coefficient (Wildman–Crippen LogP) is 2.38. The molecule has 1 unspecified atom stereocenters. The number of aromatic nitrogens is 1. The van der Waals surface area contributed by atoms with Crippen molar-refractivity contribution in [3.05, 3.63) is 59.3 Å². The number of carbonyl (C=O) groups is 2. The molecule has 0 saturated heterocycles. The van der Waals surface area contributed by atoms with Crippen molar-refractivity contribution in [3.8, 4) is 11.3 Å². The van der Waals surface area contributed by atoms with Crippen LogP contribution in [0.15, 0.2) is 48.0 Å². The van der Waals surface area contributed by atoms with Crippen LogP contribution in [0, 0.1) is 6.92 Å². The Balaban J connectivity index is 2.22. The van der Waals surface area contributed by atoms with Crippen LogP contribution in [0.2, 0.25) is 0 Å². The number of nitrogens with zero attached hydrogens (tertiary/aromatic N) is 1. The van der Waals surface area contributed by atoms with Crippen LogP contribution in [0.4, 0.5) is 0 Å². The van der Waals surface area contributed by atoms with E-state index in [-0.39, 0.29) is 5.57 Å². The Morgan fingerprint density at radius 2 is 1.92 bits per heavy atom. The molecule has 130 valence electrons. The zero-order valence-electron chi connectivity index (χ0n) is 14.1. The fraction of sp³-hybridized carbons (Fsp3) is 0.263. The zero-order valence-corrected chi connectivity index (χ0v) is 14.1. The molecule has 2 heterocycles. The topological polar surface area (TPSA) is 91.6 Å². The smallest absolute Gasteiger partial charge is 0.334 e. The van der Waals surface area contributed by atoms with Gasteiger partial charge in [0, 0.05) is 24.9 Å². The van der Waals surface area contributed by atoms with E-state index in [9.17, 15) is 14.7 Å². The Morgan fingerprint density at radius 3 is 2.52 bits per heavy atom. The summed E-state index contributed by atoms with van der Waals surface area (Å²) in [5, 5.41) is 21.9. The lowest BCUT2D eigenvalue weighted by Gasteiger charge is -2.37. The molecule has 1 aromatic carbocycles. The van der Waals surface area contributed by atoms with Gasteiger partial charge in [-0.15, -0.1) is 0 Å². The summed E-state index contributed by atoms with van der Waals surface area (Å²) in [4.78, 5) is 22.9. The maximum Gasteiger partial charge on any atom is 0.334 e. The lowest BCUT2D eigenvalue weighted by molar-refractivity contribution is -0.136. The van der Waals surface area contributed by atoms with Crippen molar-refractivity contribution in [2.75, 3.05) is 6.54 Å². The monoisotopic (exact) mass is 340 g/mol. The van der Waals surface area contributed by atoms with Crippen LogP contribution in [0.3, 0.4) is 0 Å². The van der Waals surface area contributed by atoms with Crippen LogP contribution in [0.1, 0.15) is 18.2 Å². The zero-order chi connectivity index (χ0) is 18.2. The molecular formula is C19H20N2O4. The average Bonchev–Trinajstić information content (AvgIpc) is 2.91. The predicted molar refractivity (Wildman–Crippen MR) is 93.3 cm³/mol. The van der Waals surface area contributed by atoms with E-state index < -0.39 is 17.5 Å². The second-order valence-corrected chi connectivity index (χ2v) is 6.33. The first-order valence-electron chi connectivity index (χ1n) is 8.04. The summed E-state index contributed by atoms with van der Waals surface area (Å²) in [6, 6.07) is 11.8. The van der Waals surface area contributed by atoms with Crippen LogP contribution in [-0.4, -0.2) is 33.3 Å². The SMILES string of the molecule is Cc1cc2n(c1-c1ccccc1)CCNC2(C)C(=CC(=O)O)C(=O)O. The third-order valence-electron chi connectivity index (χ3n) is 4.70. The Bertz CT molecular complexity index is 867. The normalized spacial score (nSPS) is 20.2. The van der Waals surface area contributed by atoms with Gasteiger partial charge in [0.2, 0.25) is 0 Å². The van der Waals surface area contributed by atoms with Gasteiger partial charge in [-0.25, -0.2) is 9.59 Å². The van der Waals surface area contributed by atoms with Crippen LogP contribution >= 0.6 is 0 Å². The van der Waals surface area contributed by atoms with Crippen LogP contribution in [0.5, 0.6) is 0 Å². The van der Waals surface area contributed by atoms with Gasteiger partial charge in [0.25, 0.3) is 0 Å². The van der Waals surface area contributed by atoms with Crippen LogP contribution < -0.4 is 5.32 Å². The molecule has 0 aliphatic carbocycles. The van der Waals surface area contributed by atoms with Crippen molar-refractivity contribution < 1.29 is 19.8 Å². The fourth-order valence-corrected chi connectivity index (χ4v) is 3.60. The summed E-state index contributed by atoms with van der Waals surface area (Å²) in [5.41, 5.74) is 2.59. The van der Waals surface area contributed by atoms with Gasteiger partial charge in [0.05, 0.1) is 16.8 Å². The summed E-state index contributed by atoms with van der Waals surface area (Å²) >= 11 is 0. The van der Waals surface area contributed by atoms with Gasteiger partial charge in [0.1, 0.15) is 0 Å². The lowest BCUT2D eigenvalue weighted by Crippen LogP contribution is -2.50. The number of aliphatic carboxylic acids is 2. The highest BCUT2D eigenvalue weighted by Crippen LogP contribution is 2.38. The molecule has 0 radical (unpaired) electrons. The number of hydrogen-bond acceptors (Lipinski definition) is 3. The van der Waals surface area contributed by atoms with E-state index in [0.29, 0.717) is 13.1 Å². The number of carboxylic acid groups (broad SMARTS) is 2. The summed E-state index contributed by atoms with van der Waals surface area (Å²) in [6.45, 7) is 4.93. The third kappa shape index (κ3) is 2.85. The van der Waals surface area contributed by atoms with Crippen molar-refractivity contribution in [1.82, 2.24) is 9.88 Å². The Hall–Kier alpha value is -2.86. The van der Waals surface area contributed by atoms with Gasteiger partial charge in [-0.3, -0.25) is 0 Å². The molecular weight excluding hydrogens is 320 g/mol. The van der Waals surface area contributed by atoms with Crippen LogP contribution in [0.25, 0.3) is 11.3 Å². The summed E-state index contributed by atoms with van der Waals surface area (Å²) < 4.78 is 2.08. The molecule has 6 nitrogen and oxygen atoms in total. The molecule has 0 saturated carbocycles. The molecule has 1 aliphatic heterocycles. The molecule has 1 aromatic heterocycles. The number of fused-ring (bicyclic) bond motifs is 1. The van der Waals surface area contributed by atoms with Crippen molar-refractivity contribution in [2.24, 2.45) is 0 Å². The number of nitrogens with one attached hydrogen (secondary N) is 1. The second kappa shape index (κ2) is 6.22. The first-order valence-corrected chi connectivity index (χ1v) is 8.04. The van der Waals surface area contributed by atoms with E-state index in [4.69, 9.17) is 5.11 Å². The van der Waals surface area contributed by atoms with Gasteiger partial charge >= 0.3 is 11.9 Å². The Morgan fingerprint density at radius 1 is 1.24 bits per heavy atom. The molecule has 2 aromatic rings. The first-order chi connectivity index (χ1) is 11.8. The minimum Gasteiger partial charge on any atom is -0.478 e. The average molecular weight is 340 g/mol. The van der Waals surface area contributed by atoms with Crippen molar-refractivity contribution in [2.45, 2.75) is 25.9 Å². The molecule has 0 amide bonds. The standard InChI is InChI=1S/C19H20N2O4/c1-12-10-15-19(2,14(18(24)25)11-16(22)23)20-8-9-21(15)17(12)13-6-4-3-5-7-13/h3-7,10-11,20H,8-9H2,1-2H3,(H,22,23)(H,24,25). The van der Waals surface area contributed by atoms with Crippen molar-refractivity contribution in [1.29, 1.82) is 0 Å². The number of benzene rings is 1. The van der Waals surface area contributed by atoms with Gasteiger partial charge in [-0.05, 0) is 31.0 Å². The molecule has 1 aliphatic rings. The molecule has 3 N–H and O–H groups in total. The minimum absolute atomic E-state index is 0.182. The van der Waals surface area contributed by atoms with Gasteiger partial charge in [-0.2, -0.15) is 0 Å².